The van der Waals surface area contributed by atoms with Crippen LogP contribution in [0.3, 0.4) is 0 Å². The van der Waals surface area contributed by atoms with Crippen LogP contribution in [0, 0.1) is 6.92 Å². The molecular formula is C11H13N3O. The fourth-order valence-corrected chi connectivity index (χ4v) is 1.27. The third-order valence-electron chi connectivity index (χ3n) is 2.06. The molecule has 0 N–H and O–H groups in total. The van der Waals surface area contributed by atoms with Gasteiger partial charge in [-0.1, -0.05) is 13.0 Å². The van der Waals surface area contributed by atoms with Crippen LogP contribution in [0.5, 0.6) is 0 Å². The predicted octanol–water partition coefficient (Wildman–Crippen LogP) is 2.39. The van der Waals surface area contributed by atoms with Crippen LogP contribution in [0.2, 0.25) is 0 Å². The van der Waals surface area contributed by atoms with Crippen LogP contribution < -0.4 is 0 Å². The number of hydrogen-bond acceptors (Lipinski definition) is 4. The molecule has 0 aliphatic rings. The Kier molecular flexibility index (Phi) is 2.76. The van der Waals surface area contributed by atoms with Crippen LogP contribution in [0.4, 0.5) is 0 Å². The first-order valence-corrected chi connectivity index (χ1v) is 5.05. The van der Waals surface area contributed by atoms with Crippen molar-refractivity contribution in [3.8, 4) is 11.6 Å². The van der Waals surface area contributed by atoms with E-state index in [9.17, 15) is 0 Å². The topological polar surface area (TPSA) is 51.8 Å². The number of pyridine rings is 1. The van der Waals surface area contributed by atoms with E-state index in [0.29, 0.717) is 11.8 Å². The zero-order valence-electron chi connectivity index (χ0n) is 8.90. The Morgan fingerprint density at radius 2 is 2.13 bits per heavy atom. The van der Waals surface area contributed by atoms with Gasteiger partial charge in [-0.2, -0.15) is 0 Å². The number of nitrogens with zero attached hydrogens (tertiary/aromatic N) is 3. The van der Waals surface area contributed by atoms with Gasteiger partial charge in [-0.15, -0.1) is 10.2 Å². The third-order valence-corrected chi connectivity index (χ3v) is 2.06. The van der Waals surface area contributed by atoms with Gasteiger partial charge in [-0.05, 0) is 25.0 Å². The van der Waals surface area contributed by atoms with Gasteiger partial charge in [0, 0.05) is 12.6 Å². The van der Waals surface area contributed by atoms with Crippen molar-refractivity contribution in [3.05, 3.63) is 29.8 Å². The summed E-state index contributed by atoms with van der Waals surface area (Å²) in [6, 6.07) is 3.87. The molecule has 2 rings (SSSR count). The maximum Gasteiger partial charge on any atom is 0.266 e. The molecule has 0 aromatic carbocycles. The lowest BCUT2D eigenvalue weighted by molar-refractivity contribution is 0.501. The second kappa shape index (κ2) is 4.21. The summed E-state index contributed by atoms with van der Waals surface area (Å²) >= 11 is 0. The summed E-state index contributed by atoms with van der Waals surface area (Å²) in [5.74, 6) is 1.17. The molecule has 0 unspecified atom stereocenters. The molecule has 0 fully saturated rings. The largest absolute Gasteiger partial charge is 0.419 e. The molecule has 0 saturated carbocycles. The molecule has 0 bridgehead atoms. The van der Waals surface area contributed by atoms with Crippen molar-refractivity contribution >= 4 is 0 Å². The van der Waals surface area contributed by atoms with Crippen molar-refractivity contribution in [2.75, 3.05) is 0 Å². The first-order chi connectivity index (χ1) is 7.29. The fourth-order valence-electron chi connectivity index (χ4n) is 1.27. The van der Waals surface area contributed by atoms with E-state index in [1.807, 2.05) is 19.1 Å². The highest BCUT2D eigenvalue weighted by atomic mass is 16.4. The van der Waals surface area contributed by atoms with Crippen LogP contribution in [-0.2, 0) is 6.42 Å². The molecule has 78 valence electrons. The highest BCUT2D eigenvalue weighted by Crippen LogP contribution is 2.15. The monoisotopic (exact) mass is 203 g/mol. The first-order valence-electron chi connectivity index (χ1n) is 5.05. The van der Waals surface area contributed by atoms with E-state index < -0.39 is 0 Å². The Morgan fingerprint density at radius 1 is 1.27 bits per heavy atom. The molecule has 4 nitrogen and oxygen atoms in total. The highest BCUT2D eigenvalue weighted by Gasteiger charge is 2.08. The molecule has 0 spiro atoms. The van der Waals surface area contributed by atoms with Crippen LogP contribution in [0.25, 0.3) is 11.6 Å². The van der Waals surface area contributed by atoms with Gasteiger partial charge in [-0.3, -0.25) is 4.98 Å². The maximum absolute atomic E-state index is 5.47. The van der Waals surface area contributed by atoms with Crippen LogP contribution in [-0.4, -0.2) is 15.2 Å². The van der Waals surface area contributed by atoms with Gasteiger partial charge >= 0.3 is 0 Å². The highest BCUT2D eigenvalue weighted by molar-refractivity contribution is 5.45. The minimum Gasteiger partial charge on any atom is -0.419 e. The zero-order valence-corrected chi connectivity index (χ0v) is 8.90. The predicted molar refractivity (Wildman–Crippen MR) is 56.3 cm³/mol. The standard InChI is InChI=1S/C11H13N3O/c1-3-4-10-13-14-11(15-10)9-6-5-8(2)7-12-9/h5-7H,3-4H2,1-2H3. The van der Waals surface area contributed by atoms with E-state index in [1.54, 1.807) is 6.20 Å². The van der Waals surface area contributed by atoms with Gasteiger partial charge in [0.05, 0.1) is 0 Å². The van der Waals surface area contributed by atoms with Gasteiger partial charge in [0.15, 0.2) is 0 Å². The van der Waals surface area contributed by atoms with Crippen molar-refractivity contribution in [2.24, 2.45) is 0 Å². The number of aromatic nitrogens is 3. The molecule has 2 heterocycles. The van der Waals surface area contributed by atoms with E-state index in [0.717, 1.165) is 24.1 Å². The summed E-state index contributed by atoms with van der Waals surface area (Å²) in [7, 11) is 0. The second-order valence-corrected chi connectivity index (χ2v) is 3.47. The molecule has 2 aromatic heterocycles. The average Bonchev–Trinajstić information content (AvgIpc) is 2.68. The maximum atomic E-state index is 5.47. The Morgan fingerprint density at radius 3 is 2.80 bits per heavy atom. The molecule has 0 atom stereocenters. The molecule has 15 heavy (non-hydrogen) atoms. The van der Waals surface area contributed by atoms with Gasteiger partial charge in [0.25, 0.3) is 5.89 Å². The van der Waals surface area contributed by atoms with Gasteiger partial charge in [-0.25, -0.2) is 0 Å². The first kappa shape index (κ1) is 9.83. The SMILES string of the molecule is CCCc1nnc(-c2ccc(C)cn2)o1. The van der Waals surface area contributed by atoms with Crippen molar-refractivity contribution in [1.82, 2.24) is 15.2 Å². The minimum absolute atomic E-state index is 0.499. The lowest BCUT2D eigenvalue weighted by Crippen LogP contribution is -1.83. The summed E-state index contributed by atoms with van der Waals surface area (Å²) in [5, 5.41) is 7.90. The van der Waals surface area contributed by atoms with E-state index in [-0.39, 0.29) is 0 Å². The molecule has 0 radical (unpaired) electrons. The van der Waals surface area contributed by atoms with Crippen molar-refractivity contribution in [3.63, 3.8) is 0 Å². The normalized spacial score (nSPS) is 10.5. The second-order valence-electron chi connectivity index (χ2n) is 3.47. The van der Waals surface area contributed by atoms with Crippen molar-refractivity contribution < 1.29 is 4.42 Å². The number of aryl methyl sites for hydroxylation is 2. The Labute approximate surface area is 88.4 Å². The summed E-state index contributed by atoms with van der Waals surface area (Å²) in [4.78, 5) is 4.23. The third kappa shape index (κ3) is 2.21. The molecule has 0 saturated heterocycles. The smallest absolute Gasteiger partial charge is 0.266 e. The minimum atomic E-state index is 0.499. The van der Waals surface area contributed by atoms with Gasteiger partial charge in [0.1, 0.15) is 5.69 Å². The lowest BCUT2D eigenvalue weighted by atomic mass is 10.3. The van der Waals surface area contributed by atoms with Crippen LogP contribution in [0.15, 0.2) is 22.7 Å². The van der Waals surface area contributed by atoms with E-state index in [2.05, 4.69) is 22.1 Å². The van der Waals surface area contributed by atoms with E-state index >= 15 is 0 Å². The van der Waals surface area contributed by atoms with Gasteiger partial charge in [0.2, 0.25) is 5.89 Å². The number of rotatable bonds is 3. The van der Waals surface area contributed by atoms with E-state index in [1.165, 1.54) is 0 Å². The van der Waals surface area contributed by atoms with Crippen LogP contribution >= 0.6 is 0 Å². The summed E-state index contributed by atoms with van der Waals surface area (Å²) in [6.07, 6.45) is 3.61. The number of hydrogen-bond donors (Lipinski definition) is 0. The Bertz CT molecular complexity index is 433. The summed E-state index contributed by atoms with van der Waals surface area (Å²) in [5.41, 5.74) is 1.85. The molecule has 0 aliphatic heterocycles. The van der Waals surface area contributed by atoms with Gasteiger partial charge < -0.3 is 4.42 Å². The molecule has 2 aromatic rings. The summed E-state index contributed by atoms with van der Waals surface area (Å²) < 4.78 is 5.47. The summed E-state index contributed by atoms with van der Waals surface area (Å²) in [6.45, 7) is 4.07. The zero-order chi connectivity index (χ0) is 10.7. The van der Waals surface area contributed by atoms with Crippen molar-refractivity contribution in [1.29, 1.82) is 0 Å². The average molecular weight is 203 g/mol. The molecule has 4 heteroatoms. The molecule has 0 aliphatic carbocycles. The van der Waals surface area contributed by atoms with Crippen LogP contribution in [0.1, 0.15) is 24.8 Å². The lowest BCUT2D eigenvalue weighted by Gasteiger charge is -1.94. The fraction of sp³-hybridized carbons (Fsp3) is 0.364. The molecule has 0 amide bonds. The molecular weight excluding hydrogens is 190 g/mol. The quantitative estimate of drug-likeness (QED) is 0.768. The van der Waals surface area contributed by atoms with E-state index in [4.69, 9.17) is 4.42 Å². The van der Waals surface area contributed by atoms with Crippen molar-refractivity contribution in [2.45, 2.75) is 26.7 Å². The Hall–Kier alpha value is -1.71. The Balaban J connectivity index is 2.25.